The summed E-state index contributed by atoms with van der Waals surface area (Å²) in [5.74, 6) is 0.678. The molecule has 0 aliphatic carbocycles. The first-order chi connectivity index (χ1) is 14.7. The molecule has 2 unspecified atom stereocenters. The molecule has 3 N–H and O–H groups in total. The van der Waals surface area contributed by atoms with Crippen molar-refractivity contribution in [1.82, 2.24) is 5.32 Å². The Hall–Kier alpha value is -0.210. The Kier molecular flexibility index (Phi) is 19.1. The maximum atomic E-state index is 8.74. The van der Waals surface area contributed by atoms with E-state index in [4.69, 9.17) is 22.3 Å². The van der Waals surface area contributed by atoms with E-state index in [1.165, 1.54) is 96.3 Å². The highest BCUT2D eigenvalue weighted by molar-refractivity contribution is 7.79. The van der Waals surface area contributed by atoms with Crippen LogP contribution in [0.2, 0.25) is 0 Å². The quantitative estimate of drug-likeness (QED) is 0.165. The van der Waals surface area contributed by atoms with E-state index in [0.29, 0.717) is 5.92 Å². The van der Waals surface area contributed by atoms with Crippen molar-refractivity contribution in [3.63, 3.8) is 0 Å². The number of hydrogen-bond acceptors (Lipinski definition) is 4. The summed E-state index contributed by atoms with van der Waals surface area (Å²) in [6.45, 7) is 9.94. The molecule has 1 aliphatic heterocycles. The third kappa shape index (κ3) is 19.0. The van der Waals surface area contributed by atoms with Crippen molar-refractivity contribution < 1.29 is 22.3 Å². The molecular weight excluding hydrogens is 414 g/mol. The number of nitrogens with one attached hydrogen (secondary N) is 1. The summed E-state index contributed by atoms with van der Waals surface area (Å²) in [5.41, 5.74) is 0.106. The summed E-state index contributed by atoms with van der Waals surface area (Å²) >= 11 is 0. The predicted molar refractivity (Wildman–Crippen MR) is 130 cm³/mol. The van der Waals surface area contributed by atoms with E-state index in [0.717, 1.165) is 26.1 Å². The first-order valence-electron chi connectivity index (χ1n) is 12.8. The van der Waals surface area contributed by atoms with Crippen LogP contribution < -0.4 is 5.32 Å². The maximum Gasteiger partial charge on any atom is 0.394 e. The second-order valence-corrected chi connectivity index (χ2v) is 10.1. The fraction of sp³-hybridized carbons (Fsp3) is 1.00. The molecule has 0 amide bonds. The Labute approximate surface area is 192 Å². The van der Waals surface area contributed by atoms with Crippen LogP contribution in [0.15, 0.2) is 0 Å². The lowest BCUT2D eigenvalue weighted by Crippen LogP contribution is -2.53. The van der Waals surface area contributed by atoms with Crippen molar-refractivity contribution in [2.24, 2.45) is 5.92 Å². The lowest BCUT2D eigenvalue weighted by molar-refractivity contribution is -0.105. The molecule has 1 aliphatic rings. The molecule has 188 valence electrons. The van der Waals surface area contributed by atoms with Gasteiger partial charge in [0.25, 0.3) is 0 Å². The van der Waals surface area contributed by atoms with Gasteiger partial charge in [0.15, 0.2) is 0 Å². The van der Waals surface area contributed by atoms with Gasteiger partial charge in [-0.05, 0) is 18.8 Å². The molecule has 0 aromatic carbocycles. The monoisotopic (exact) mass is 465 g/mol. The molecule has 31 heavy (non-hydrogen) atoms. The van der Waals surface area contributed by atoms with E-state index in [1.54, 1.807) is 0 Å². The minimum absolute atomic E-state index is 0.106. The number of ether oxygens (including phenoxy) is 1. The van der Waals surface area contributed by atoms with Crippen molar-refractivity contribution in [3.05, 3.63) is 0 Å². The molecule has 0 radical (unpaired) electrons. The summed E-state index contributed by atoms with van der Waals surface area (Å²) in [5, 5.41) is 3.53. The fourth-order valence-corrected chi connectivity index (χ4v) is 4.48. The third-order valence-corrected chi connectivity index (χ3v) is 6.58. The Morgan fingerprint density at radius 2 is 1.26 bits per heavy atom. The number of rotatable bonds is 17. The molecule has 0 aromatic heterocycles. The van der Waals surface area contributed by atoms with E-state index < -0.39 is 10.4 Å². The summed E-state index contributed by atoms with van der Waals surface area (Å²) in [4.78, 5) is 0. The molecular formula is C24H51NO5S. The largest absolute Gasteiger partial charge is 0.394 e. The lowest BCUT2D eigenvalue weighted by Gasteiger charge is -2.42. The lowest BCUT2D eigenvalue weighted by atomic mass is 9.81. The molecule has 1 fully saturated rings. The number of morpholine rings is 1. The number of unbranched alkanes of at least 4 members (excludes halogenated alkanes) is 13. The van der Waals surface area contributed by atoms with E-state index >= 15 is 0 Å². The summed E-state index contributed by atoms with van der Waals surface area (Å²) < 4.78 is 37.8. The van der Waals surface area contributed by atoms with Gasteiger partial charge >= 0.3 is 10.4 Å². The van der Waals surface area contributed by atoms with Crippen LogP contribution in [0.5, 0.6) is 0 Å². The van der Waals surface area contributed by atoms with E-state index in [1.807, 2.05) is 0 Å². The van der Waals surface area contributed by atoms with Gasteiger partial charge in [-0.15, -0.1) is 0 Å². The second-order valence-electron chi connectivity index (χ2n) is 9.18. The van der Waals surface area contributed by atoms with Crippen molar-refractivity contribution in [2.45, 2.75) is 129 Å². The minimum atomic E-state index is -4.67. The zero-order valence-electron chi connectivity index (χ0n) is 20.5. The predicted octanol–water partition coefficient (Wildman–Crippen LogP) is 6.61. The average Bonchev–Trinajstić information content (AvgIpc) is 2.73. The number of hydrogen-bond donors (Lipinski definition) is 3. The van der Waals surface area contributed by atoms with E-state index in [-0.39, 0.29) is 5.60 Å². The van der Waals surface area contributed by atoms with Gasteiger partial charge in [-0.2, -0.15) is 8.42 Å². The van der Waals surface area contributed by atoms with Gasteiger partial charge in [-0.3, -0.25) is 9.11 Å². The molecule has 1 rings (SSSR count). The summed E-state index contributed by atoms with van der Waals surface area (Å²) in [7, 11) is -4.67. The highest BCUT2D eigenvalue weighted by Crippen LogP contribution is 2.31. The molecule has 6 nitrogen and oxygen atoms in total. The maximum absolute atomic E-state index is 8.74. The van der Waals surface area contributed by atoms with Gasteiger partial charge in [0.05, 0.1) is 12.2 Å². The molecule has 0 spiro atoms. The average molecular weight is 466 g/mol. The molecule has 2 atom stereocenters. The van der Waals surface area contributed by atoms with Gasteiger partial charge < -0.3 is 10.1 Å². The van der Waals surface area contributed by atoms with Crippen LogP contribution in [0.4, 0.5) is 0 Å². The van der Waals surface area contributed by atoms with Crippen molar-refractivity contribution in [1.29, 1.82) is 0 Å². The SMILES string of the molecule is CCCCCCCCCCCCCCCCC(C)C1(CC)CNCCO1.O=S(=O)(O)O. The third-order valence-electron chi connectivity index (χ3n) is 6.58. The van der Waals surface area contributed by atoms with Gasteiger partial charge in [0.2, 0.25) is 0 Å². The minimum Gasteiger partial charge on any atom is -0.372 e. The molecule has 1 saturated heterocycles. The highest BCUT2D eigenvalue weighted by atomic mass is 32.3. The van der Waals surface area contributed by atoms with Gasteiger partial charge in [-0.1, -0.05) is 111 Å². The Balaban J connectivity index is 0.00000161. The second kappa shape index (κ2) is 19.3. The van der Waals surface area contributed by atoms with Crippen LogP contribution in [-0.4, -0.2) is 42.8 Å². The topological polar surface area (TPSA) is 95.9 Å². The molecule has 1 heterocycles. The fourth-order valence-electron chi connectivity index (χ4n) is 4.48. The smallest absolute Gasteiger partial charge is 0.372 e. The first kappa shape index (κ1) is 30.8. The van der Waals surface area contributed by atoms with Crippen LogP contribution >= 0.6 is 0 Å². The Morgan fingerprint density at radius 3 is 1.61 bits per heavy atom. The van der Waals surface area contributed by atoms with E-state index in [9.17, 15) is 0 Å². The zero-order valence-corrected chi connectivity index (χ0v) is 21.4. The van der Waals surface area contributed by atoms with Gasteiger partial charge in [-0.25, -0.2) is 0 Å². The van der Waals surface area contributed by atoms with Crippen molar-refractivity contribution in [3.8, 4) is 0 Å². The van der Waals surface area contributed by atoms with Gasteiger partial charge in [0, 0.05) is 13.1 Å². The summed E-state index contributed by atoms with van der Waals surface area (Å²) in [6.07, 6.45) is 22.6. The zero-order chi connectivity index (χ0) is 23.4. The van der Waals surface area contributed by atoms with Crippen LogP contribution in [0.1, 0.15) is 124 Å². The van der Waals surface area contributed by atoms with Crippen LogP contribution in [-0.2, 0) is 15.1 Å². The molecule has 0 bridgehead atoms. The van der Waals surface area contributed by atoms with Crippen LogP contribution in [0, 0.1) is 5.92 Å². The normalized spacial score (nSPS) is 20.2. The van der Waals surface area contributed by atoms with Crippen molar-refractivity contribution in [2.75, 3.05) is 19.7 Å². The molecule has 0 aromatic rings. The molecule has 7 heteroatoms. The van der Waals surface area contributed by atoms with Crippen LogP contribution in [0.25, 0.3) is 0 Å². The molecule has 0 saturated carbocycles. The van der Waals surface area contributed by atoms with Crippen LogP contribution in [0.3, 0.4) is 0 Å². The highest BCUT2D eigenvalue weighted by Gasteiger charge is 2.36. The van der Waals surface area contributed by atoms with Gasteiger partial charge in [0.1, 0.15) is 0 Å². The summed E-state index contributed by atoms with van der Waals surface area (Å²) in [6, 6.07) is 0. The standard InChI is InChI=1S/C24H49NO.H2O4S/c1-4-6-7-8-9-10-11-12-13-14-15-16-17-18-19-23(3)24(5-2)22-25-20-21-26-24;1-5(2,3)4/h23,25H,4-22H2,1-3H3;(H2,1,2,3,4). The first-order valence-corrected chi connectivity index (χ1v) is 14.2. The Morgan fingerprint density at radius 1 is 0.839 bits per heavy atom. The van der Waals surface area contributed by atoms with E-state index in [2.05, 4.69) is 26.1 Å². The van der Waals surface area contributed by atoms with Crippen molar-refractivity contribution >= 4 is 10.4 Å². The Bertz CT molecular complexity index is 484.